The van der Waals surface area contributed by atoms with Crippen molar-refractivity contribution in [3.05, 3.63) is 29.6 Å². The molecule has 9 heavy (non-hydrogen) atoms. The molecule has 1 heterocycles. The maximum atomic E-state index is 4.12. The van der Waals surface area contributed by atoms with Crippen LogP contribution in [0, 0.1) is 6.92 Å². The summed E-state index contributed by atoms with van der Waals surface area (Å²) in [6.45, 7) is 2.04. The van der Waals surface area contributed by atoms with Crippen LogP contribution in [0.15, 0.2) is 18.3 Å². The molecule has 0 aromatic carbocycles. The summed E-state index contributed by atoms with van der Waals surface area (Å²) >= 11 is 4.12. The Balaban J connectivity index is 3.01. The van der Waals surface area contributed by atoms with Crippen molar-refractivity contribution in [3.63, 3.8) is 0 Å². The summed E-state index contributed by atoms with van der Waals surface area (Å²) in [4.78, 5) is 4.12. The molecule has 0 N–H and O–H groups in total. The molecule has 0 bridgehead atoms. The van der Waals surface area contributed by atoms with Crippen LogP contribution in [0.25, 0.3) is 0 Å². The molecule has 0 saturated heterocycles. The third-order valence-electron chi connectivity index (χ3n) is 1.27. The number of nitrogens with zero attached hydrogens (tertiary/aromatic N) is 1. The van der Waals surface area contributed by atoms with Crippen molar-refractivity contribution >= 4 is 12.6 Å². The van der Waals surface area contributed by atoms with E-state index in [0.29, 0.717) is 0 Å². The SMILES string of the molecule is Cc1cccnc1CS. The fourth-order valence-electron chi connectivity index (χ4n) is 0.684. The first kappa shape index (κ1) is 6.62. The molecule has 0 fully saturated rings. The van der Waals surface area contributed by atoms with Crippen molar-refractivity contribution < 1.29 is 0 Å². The van der Waals surface area contributed by atoms with Gasteiger partial charge < -0.3 is 0 Å². The van der Waals surface area contributed by atoms with Gasteiger partial charge in [0, 0.05) is 11.9 Å². The van der Waals surface area contributed by atoms with Crippen molar-refractivity contribution in [3.8, 4) is 0 Å². The summed E-state index contributed by atoms with van der Waals surface area (Å²) < 4.78 is 0. The Labute approximate surface area is 60.5 Å². The van der Waals surface area contributed by atoms with Crippen LogP contribution in [0.2, 0.25) is 0 Å². The number of aryl methyl sites for hydroxylation is 1. The minimum atomic E-state index is 0.729. The van der Waals surface area contributed by atoms with Crippen molar-refractivity contribution in [2.45, 2.75) is 12.7 Å². The maximum Gasteiger partial charge on any atom is 0.0529 e. The smallest absolute Gasteiger partial charge is 0.0529 e. The van der Waals surface area contributed by atoms with E-state index in [-0.39, 0.29) is 0 Å². The molecular formula is C7H9NS. The molecule has 0 aliphatic carbocycles. The third-order valence-corrected chi connectivity index (χ3v) is 1.57. The Bertz CT molecular complexity index is 198. The molecule has 0 amide bonds. The van der Waals surface area contributed by atoms with E-state index in [2.05, 4.69) is 17.6 Å². The predicted octanol–water partition coefficient (Wildman–Crippen LogP) is 1.82. The lowest BCUT2D eigenvalue weighted by Crippen LogP contribution is -1.87. The van der Waals surface area contributed by atoms with Crippen LogP contribution >= 0.6 is 12.6 Å². The molecule has 0 aliphatic heterocycles. The quantitative estimate of drug-likeness (QED) is 0.585. The van der Waals surface area contributed by atoms with E-state index in [1.165, 1.54) is 5.56 Å². The molecular weight excluding hydrogens is 130 g/mol. The van der Waals surface area contributed by atoms with Gasteiger partial charge >= 0.3 is 0 Å². The lowest BCUT2D eigenvalue weighted by atomic mass is 10.2. The topological polar surface area (TPSA) is 12.9 Å². The molecule has 2 heteroatoms. The summed E-state index contributed by atoms with van der Waals surface area (Å²) in [5, 5.41) is 0. The first-order valence-corrected chi connectivity index (χ1v) is 3.49. The highest BCUT2D eigenvalue weighted by Crippen LogP contribution is 2.04. The van der Waals surface area contributed by atoms with Gasteiger partial charge in [0.05, 0.1) is 5.69 Å². The summed E-state index contributed by atoms with van der Waals surface area (Å²) in [6.07, 6.45) is 1.79. The van der Waals surface area contributed by atoms with E-state index >= 15 is 0 Å². The standard InChI is InChI=1S/C7H9NS/c1-6-3-2-4-8-7(6)5-9/h2-4,9H,5H2,1H3. The lowest BCUT2D eigenvalue weighted by Gasteiger charge is -1.96. The number of rotatable bonds is 1. The normalized spacial score (nSPS) is 9.56. The van der Waals surface area contributed by atoms with Crippen LogP contribution < -0.4 is 0 Å². The summed E-state index contributed by atoms with van der Waals surface area (Å²) in [5.41, 5.74) is 2.29. The maximum absolute atomic E-state index is 4.12. The second-order valence-corrected chi connectivity index (χ2v) is 2.24. The zero-order valence-electron chi connectivity index (χ0n) is 5.33. The van der Waals surface area contributed by atoms with Gasteiger partial charge in [-0.15, -0.1) is 0 Å². The molecule has 0 aliphatic rings. The van der Waals surface area contributed by atoms with Gasteiger partial charge in [-0.25, -0.2) is 0 Å². The van der Waals surface area contributed by atoms with Crippen molar-refractivity contribution in [2.24, 2.45) is 0 Å². The van der Waals surface area contributed by atoms with E-state index in [9.17, 15) is 0 Å². The van der Waals surface area contributed by atoms with Crippen molar-refractivity contribution in [1.82, 2.24) is 4.98 Å². The molecule has 0 unspecified atom stereocenters. The number of hydrogen-bond acceptors (Lipinski definition) is 2. The highest BCUT2D eigenvalue weighted by molar-refractivity contribution is 7.79. The van der Waals surface area contributed by atoms with Gasteiger partial charge in [0.2, 0.25) is 0 Å². The van der Waals surface area contributed by atoms with Gasteiger partial charge in [-0.1, -0.05) is 6.07 Å². The fourth-order valence-corrected chi connectivity index (χ4v) is 1.01. The lowest BCUT2D eigenvalue weighted by molar-refractivity contribution is 1.13. The van der Waals surface area contributed by atoms with Crippen molar-refractivity contribution in [2.75, 3.05) is 0 Å². The van der Waals surface area contributed by atoms with Gasteiger partial charge in [0.1, 0.15) is 0 Å². The van der Waals surface area contributed by atoms with E-state index in [1.807, 2.05) is 19.1 Å². The number of aromatic nitrogens is 1. The monoisotopic (exact) mass is 139 g/mol. The Morgan fingerprint density at radius 2 is 2.44 bits per heavy atom. The van der Waals surface area contributed by atoms with Gasteiger partial charge in [-0.2, -0.15) is 12.6 Å². The predicted molar refractivity (Wildman–Crippen MR) is 41.7 cm³/mol. The molecule has 1 nitrogen and oxygen atoms in total. The largest absolute Gasteiger partial charge is 0.260 e. The Kier molecular flexibility index (Phi) is 2.11. The van der Waals surface area contributed by atoms with Gasteiger partial charge in [0.15, 0.2) is 0 Å². The number of pyridine rings is 1. The van der Waals surface area contributed by atoms with Crippen LogP contribution in [0.5, 0.6) is 0 Å². The van der Waals surface area contributed by atoms with Crippen molar-refractivity contribution in [1.29, 1.82) is 0 Å². The molecule has 1 rings (SSSR count). The Hall–Kier alpha value is -0.500. The number of hydrogen-bond donors (Lipinski definition) is 1. The Morgan fingerprint density at radius 3 is 2.89 bits per heavy atom. The van der Waals surface area contributed by atoms with E-state index in [4.69, 9.17) is 0 Å². The van der Waals surface area contributed by atoms with Gasteiger partial charge in [0.25, 0.3) is 0 Å². The first-order chi connectivity index (χ1) is 4.34. The molecule has 0 radical (unpaired) electrons. The summed E-state index contributed by atoms with van der Waals surface area (Å²) in [6, 6.07) is 3.97. The van der Waals surface area contributed by atoms with Crippen LogP contribution in [0.3, 0.4) is 0 Å². The van der Waals surface area contributed by atoms with E-state index in [1.54, 1.807) is 6.20 Å². The Morgan fingerprint density at radius 1 is 1.67 bits per heavy atom. The van der Waals surface area contributed by atoms with Crippen LogP contribution in [-0.2, 0) is 5.75 Å². The van der Waals surface area contributed by atoms with Crippen LogP contribution in [0.1, 0.15) is 11.3 Å². The molecule has 0 atom stereocenters. The second-order valence-electron chi connectivity index (χ2n) is 1.93. The van der Waals surface area contributed by atoms with Crippen LogP contribution in [0.4, 0.5) is 0 Å². The third kappa shape index (κ3) is 1.45. The average molecular weight is 139 g/mol. The van der Waals surface area contributed by atoms with E-state index in [0.717, 1.165) is 11.4 Å². The van der Waals surface area contributed by atoms with Crippen LogP contribution in [-0.4, -0.2) is 4.98 Å². The fraction of sp³-hybridized carbons (Fsp3) is 0.286. The second kappa shape index (κ2) is 2.87. The molecule has 1 aromatic heterocycles. The molecule has 48 valence electrons. The minimum Gasteiger partial charge on any atom is -0.260 e. The zero-order chi connectivity index (χ0) is 6.69. The highest BCUT2D eigenvalue weighted by atomic mass is 32.1. The minimum absolute atomic E-state index is 0.729. The zero-order valence-corrected chi connectivity index (χ0v) is 6.23. The summed E-state index contributed by atoms with van der Waals surface area (Å²) in [5.74, 6) is 0.729. The molecule has 0 saturated carbocycles. The molecule has 0 spiro atoms. The average Bonchev–Trinajstić information content (AvgIpc) is 1.89. The van der Waals surface area contributed by atoms with E-state index < -0.39 is 0 Å². The summed E-state index contributed by atoms with van der Waals surface area (Å²) in [7, 11) is 0. The van der Waals surface area contributed by atoms with Gasteiger partial charge in [-0.3, -0.25) is 4.98 Å². The first-order valence-electron chi connectivity index (χ1n) is 2.86. The number of thiol groups is 1. The van der Waals surface area contributed by atoms with Gasteiger partial charge in [-0.05, 0) is 18.6 Å². The molecule has 1 aromatic rings. The highest BCUT2D eigenvalue weighted by Gasteiger charge is 1.91.